The molecule has 33 heavy (non-hydrogen) atoms. The lowest BCUT2D eigenvalue weighted by Crippen LogP contribution is -2.39. The highest BCUT2D eigenvalue weighted by atomic mass is 19.1. The Morgan fingerprint density at radius 1 is 1.18 bits per heavy atom. The molecule has 0 spiro atoms. The molecule has 1 unspecified atom stereocenters. The van der Waals surface area contributed by atoms with Crippen molar-refractivity contribution in [2.45, 2.75) is 25.7 Å². The summed E-state index contributed by atoms with van der Waals surface area (Å²) in [6.45, 7) is 3.20. The number of methoxy groups -OCH3 is 1. The first-order valence-corrected chi connectivity index (χ1v) is 10.9. The summed E-state index contributed by atoms with van der Waals surface area (Å²) < 4.78 is 20.9. The van der Waals surface area contributed by atoms with Gasteiger partial charge in [0, 0.05) is 42.5 Å². The first-order valence-electron chi connectivity index (χ1n) is 10.9. The minimum Gasteiger partial charge on any atom is -0.496 e. The van der Waals surface area contributed by atoms with Crippen LogP contribution in [0.4, 0.5) is 4.39 Å². The van der Waals surface area contributed by atoms with E-state index in [4.69, 9.17) is 14.8 Å². The smallest absolute Gasteiger partial charge is 0.272 e. The van der Waals surface area contributed by atoms with Crippen LogP contribution in [-0.4, -0.2) is 50.6 Å². The minimum absolute atomic E-state index is 0.0413. The maximum Gasteiger partial charge on any atom is 0.272 e. The summed E-state index contributed by atoms with van der Waals surface area (Å²) in [5, 5.41) is 4.70. The Hall–Kier alpha value is -3.81. The number of piperidine rings is 1. The number of pyridine rings is 2. The molecule has 7 nitrogen and oxygen atoms in total. The molecule has 1 aromatic carbocycles. The molecule has 3 aromatic heterocycles. The second kappa shape index (κ2) is 8.61. The van der Waals surface area contributed by atoms with Crippen LogP contribution in [0.15, 0.2) is 54.9 Å². The van der Waals surface area contributed by atoms with Crippen LogP contribution in [0.1, 0.15) is 40.6 Å². The van der Waals surface area contributed by atoms with Crippen LogP contribution >= 0.6 is 0 Å². The molecule has 0 saturated carbocycles. The molecule has 5 rings (SSSR count). The van der Waals surface area contributed by atoms with E-state index in [-0.39, 0.29) is 17.6 Å². The van der Waals surface area contributed by atoms with Crippen molar-refractivity contribution in [1.29, 1.82) is 0 Å². The van der Waals surface area contributed by atoms with Crippen LogP contribution in [0.5, 0.6) is 5.75 Å². The molecule has 1 aliphatic heterocycles. The maximum absolute atomic E-state index is 13.8. The van der Waals surface area contributed by atoms with Crippen LogP contribution < -0.4 is 4.74 Å². The molecule has 8 heteroatoms. The fourth-order valence-electron chi connectivity index (χ4n) is 4.33. The number of aryl methyl sites for hydroxylation is 1. The number of amides is 1. The van der Waals surface area contributed by atoms with Gasteiger partial charge >= 0.3 is 0 Å². The van der Waals surface area contributed by atoms with Crippen molar-refractivity contribution in [2.24, 2.45) is 0 Å². The van der Waals surface area contributed by atoms with E-state index in [1.165, 1.54) is 12.1 Å². The third-order valence-corrected chi connectivity index (χ3v) is 6.03. The molecule has 1 amide bonds. The van der Waals surface area contributed by atoms with E-state index in [1.54, 1.807) is 23.9 Å². The zero-order chi connectivity index (χ0) is 22.9. The molecule has 168 valence electrons. The Labute approximate surface area is 190 Å². The third kappa shape index (κ3) is 4.16. The average molecular weight is 445 g/mol. The lowest BCUT2D eigenvalue weighted by Gasteiger charge is -2.31. The standard InChI is InChI=1S/C25H24FN5O2/c1-16-9-10-27-21(12-16)25(32)30-11-3-4-18(14-30)24-28-23-8-5-17(15-31(23)29-24)20-13-19(26)6-7-22(20)33-2/h5-10,12-13,15,18H,3-4,11,14H2,1-2H3. The summed E-state index contributed by atoms with van der Waals surface area (Å²) in [4.78, 5) is 23.8. The molecule has 0 N–H and O–H groups in total. The molecule has 1 atom stereocenters. The van der Waals surface area contributed by atoms with Gasteiger partial charge in [0.05, 0.1) is 7.11 Å². The Balaban J connectivity index is 1.41. The lowest BCUT2D eigenvalue weighted by atomic mass is 9.97. The number of halogens is 1. The Morgan fingerprint density at radius 3 is 2.88 bits per heavy atom. The van der Waals surface area contributed by atoms with E-state index < -0.39 is 0 Å². The molecule has 4 heterocycles. The van der Waals surface area contributed by atoms with E-state index in [1.807, 2.05) is 42.3 Å². The fraction of sp³-hybridized carbons (Fsp3) is 0.280. The summed E-state index contributed by atoms with van der Waals surface area (Å²) in [5.41, 5.74) is 3.60. The topological polar surface area (TPSA) is 72.6 Å². The van der Waals surface area contributed by atoms with E-state index in [0.29, 0.717) is 41.6 Å². The normalized spacial score (nSPS) is 16.2. The number of nitrogens with zero attached hydrogens (tertiary/aromatic N) is 5. The molecule has 0 bridgehead atoms. The van der Waals surface area contributed by atoms with Crippen molar-refractivity contribution in [1.82, 2.24) is 24.5 Å². The van der Waals surface area contributed by atoms with Gasteiger partial charge in [-0.2, -0.15) is 5.10 Å². The van der Waals surface area contributed by atoms with Crippen LogP contribution in [-0.2, 0) is 0 Å². The number of carbonyl (C=O) groups excluding carboxylic acids is 1. The van der Waals surface area contributed by atoms with Gasteiger partial charge in [0.2, 0.25) is 0 Å². The summed E-state index contributed by atoms with van der Waals surface area (Å²) in [6.07, 6.45) is 5.28. The number of benzene rings is 1. The number of carbonyl (C=O) groups is 1. The SMILES string of the molecule is COc1ccc(F)cc1-c1ccc2nc(C3CCCN(C(=O)c4cc(C)ccn4)C3)nn2c1. The van der Waals surface area contributed by atoms with Gasteiger partial charge in [-0.05, 0) is 67.8 Å². The van der Waals surface area contributed by atoms with Crippen molar-refractivity contribution >= 4 is 11.6 Å². The zero-order valence-corrected chi connectivity index (χ0v) is 18.5. The Bertz CT molecular complexity index is 1340. The van der Waals surface area contributed by atoms with E-state index in [0.717, 1.165) is 24.0 Å². The van der Waals surface area contributed by atoms with Crippen LogP contribution in [0, 0.1) is 12.7 Å². The van der Waals surface area contributed by atoms with Gasteiger partial charge in [0.1, 0.15) is 17.3 Å². The van der Waals surface area contributed by atoms with Crippen LogP contribution in [0.2, 0.25) is 0 Å². The van der Waals surface area contributed by atoms with Gasteiger partial charge in [-0.25, -0.2) is 13.9 Å². The van der Waals surface area contributed by atoms with Gasteiger partial charge in [0.25, 0.3) is 5.91 Å². The number of aromatic nitrogens is 4. The molecule has 1 aliphatic rings. The number of hydrogen-bond donors (Lipinski definition) is 0. The number of likely N-dealkylation sites (tertiary alicyclic amines) is 1. The van der Waals surface area contributed by atoms with Gasteiger partial charge in [0.15, 0.2) is 11.5 Å². The molecular weight excluding hydrogens is 421 g/mol. The highest BCUT2D eigenvalue weighted by Gasteiger charge is 2.28. The number of hydrogen-bond acceptors (Lipinski definition) is 5. The van der Waals surface area contributed by atoms with E-state index in [9.17, 15) is 9.18 Å². The highest BCUT2D eigenvalue weighted by molar-refractivity contribution is 5.92. The van der Waals surface area contributed by atoms with E-state index >= 15 is 0 Å². The summed E-state index contributed by atoms with van der Waals surface area (Å²) in [5.74, 6) is 0.933. The molecular formula is C25H24FN5O2. The van der Waals surface area contributed by atoms with Gasteiger partial charge in [-0.1, -0.05) is 0 Å². The van der Waals surface area contributed by atoms with Crippen molar-refractivity contribution < 1.29 is 13.9 Å². The van der Waals surface area contributed by atoms with Crippen LogP contribution in [0.25, 0.3) is 16.8 Å². The average Bonchev–Trinajstić information content (AvgIpc) is 3.27. The zero-order valence-electron chi connectivity index (χ0n) is 18.5. The maximum atomic E-state index is 13.8. The second-order valence-electron chi connectivity index (χ2n) is 8.34. The predicted octanol–water partition coefficient (Wildman–Crippen LogP) is 4.27. The van der Waals surface area contributed by atoms with Gasteiger partial charge < -0.3 is 9.64 Å². The molecule has 4 aromatic rings. The monoisotopic (exact) mass is 445 g/mol. The van der Waals surface area contributed by atoms with Crippen LogP contribution in [0.3, 0.4) is 0 Å². The molecule has 0 aliphatic carbocycles. The Morgan fingerprint density at radius 2 is 2.06 bits per heavy atom. The lowest BCUT2D eigenvalue weighted by molar-refractivity contribution is 0.0698. The highest BCUT2D eigenvalue weighted by Crippen LogP contribution is 2.31. The first kappa shape index (κ1) is 21.1. The number of fused-ring (bicyclic) bond motifs is 1. The predicted molar refractivity (Wildman–Crippen MR) is 122 cm³/mol. The molecule has 1 saturated heterocycles. The van der Waals surface area contributed by atoms with Crippen molar-refractivity contribution in [3.05, 3.63) is 77.8 Å². The largest absolute Gasteiger partial charge is 0.496 e. The van der Waals surface area contributed by atoms with Gasteiger partial charge in [-0.15, -0.1) is 0 Å². The van der Waals surface area contributed by atoms with E-state index in [2.05, 4.69) is 4.98 Å². The third-order valence-electron chi connectivity index (χ3n) is 6.03. The molecule has 1 fully saturated rings. The minimum atomic E-state index is -0.333. The molecule has 0 radical (unpaired) electrons. The summed E-state index contributed by atoms with van der Waals surface area (Å²) in [6, 6.07) is 11.9. The quantitative estimate of drug-likeness (QED) is 0.469. The van der Waals surface area contributed by atoms with Gasteiger partial charge in [-0.3, -0.25) is 9.78 Å². The van der Waals surface area contributed by atoms with Crippen molar-refractivity contribution in [3.8, 4) is 16.9 Å². The number of rotatable bonds is 4. The first-order chi connectivity index (χ1) is 16.0. The Kier molecular flexibility index (Phi) is 5.50. The number of ether oxygens (including phenoxy) is 1. The fourth-order valence-corrected chi connectivity index (χ4v) is 4.33. The summed E-state index contributed by atoms with van der Waals surface area (Å²) in [7, 11) is 1.56. The summed E-state index contributed by atoms with van der Waals surface area (Å²) >= 11 is 0. The second-order valence-corrected chi connectivity index (χ2v) is 8.34. The van der Waals surface area contributed by atoms with Crippen molar-refractivity contribution in [2.75, 3.05) is 20.2 Å². The van der Waals surface area contributed by atoms with Crippen molar-refractivity contribution in [3.63, 3.8) is 0 Å².